The van der Waals surface area contributed by atoms with Crippen molar-refractivity contribution in [1.82, 2.24) is 0 Å². The highest BCUT2D eigenvalue weighted by Gasteiger charge is 2.05. The smallest absolute Gasteiger partial charge is 0.119 e. The van der Waals surface area contributed by atoms with Gasteiger partial charge in [-0.1, -0.05) is 72.8 Å². The van der Waals surface area contributed by atoms with E-state index in [4.69, 9.17) is 4.74 Å². The van der Waals surface area contributed by atoms with Crippen molar-refractivity contribution in [3.63, 3.8) is 0 Å². The van der Waals surface area contributed by atoms with Gasteiger partial charge in [0.1, 0.15) is 5.75 Å². The number of benzene rings is 3. The normalized spacial score (nSPS) is 10.0. The summed E-state index contributed by atoms with van der Waals surface area (Å²) >= 11 is 0. The molecule has 3 aromatic rings. The molecular weight excluding hydrogens is 268 g/mol. The van der Waals surface area contributed by atoms with Crippen molar-refractivity contribution >= 4 is 11.6 Å². The Labute approximate surface area is 131 Å². The maximum Gasteiger partial charge on any atom is 0.119 e. The largest absolute Gasteiger partial charge is 0.497 e. The van der Waals surface area contributed by atoms with E-state index in [1.807, 2.05) is 30.3 Å². The predicted octanol–water partition coefficient (Wildman–Crippen LogP) is 5.28. The number of hydrogen-bond donors (Lipinski definition) is 0. The minimum absolute atomic E-state index is 0.870. The second kappa shape index (κ2) is 6.77. The van der Waals surface area contributed by atoms with Gasteiger partial charge in [-0.15, -0.1) is 0 Å². The van der Waals surface area contributed by atoms with Crippen LogP contribution in [0.25, 0.3) is 11.6 Å². The monoisotopic (exact) mass is 286 g/mol. The van der Waals surface area contributed by atoms with Crippen LogP contribution in [-0.4, -0.2) is 7.11 Å². The molecule has 0 aliphatic heterocycles. The van der Waals surface area contributed by atoms with Crippen molar-refractivity contribution in [3.05, 3.63) is 102 Å². The van der Waals surface area contributed by atoms with Gasteiger partial charge >= 0.3 is 0 Å². The maximum atomic E-state index is 5.32. The number of ether oxygens (including phenoxy) is 1. The maximum absolute atomic E-state index is 5.32. The lowest BCUT2D eigenvalue weighted by Crippen LogP contribution is -1.88. The van der Waals surface area contributed by atoms with E-state index in [9.17, 15) is 0 Å². The molecule has 0 aliphatic carbocycles. The van der Waals surface area contributed by atoms with Crippen LogP contribution in [-0.2, 0) is 0 Å². The van der Waals surface area contributed by atoms with Gasteiger partial charge in [0.2, 0.25) is 0 Å². The lowest BCUT2D eigenvalue weighted by molar-refractivity contribution is 0.414. The van der Waals surface area contributed by atoms with E-state index in [-0.39, 0.29) is 0 Å². The van der Waals surface area contributed by atoms with E-state index in [1.54, 1.807) is 7.11 Å². The average Bonchev–Trinajstić information content (AvgIpc) is 2.61. The Morgan fingerprint density at radius 2 is 1.32 bits per heavy atom. The molecule has 0 N–H and O–H groups in total. The van der Waals surface area contributed by atoms with E-state index in [0.717, 1.165) is 11.3 Å². The van der Waals surface area contributed by atoms with Crippen molar-refractivity contribution < 1.29 is 4.74 Å². The zero-order valence-electron chi connectivity index (χ0n) is 12.6. The van der Waals surface area contributed by atoms with Gasteiger partial charge in [-0.25, -0.2) is 0 Å². The summed E-state index contributed by atoms with van der Waals surface area (Å²) in [5, 5.41) is 0. The van der Waals surface area contributed by atoms with E-state index in [2.05, 4.69) is 60.7 Å². The van der Waals surface area contributed by atoms with Crippen LogP contribution in [0.4, 0.5) is 0 Å². The van der Waals surface area contributed by atoms with Gasteiger partial charge < -0.3 is 4.74 Å². The molecule has 0 spiro atoms. The Morgan fingerprint density at radius 1 is 0.727 bits per heavy atom. The van der Waals surface area contributed by atoms with E-state index in [1.165, 1.54) is 16.7 Å². The molecule has 0 amide bonds. The third-order valence-corrected chi connectivity index (χ3v) is 3.57. The van der Waals surface area contributed by atoms with Gasteiger partial charge in [-0.2, -0.15) is 0 Å². The fourth-order valence-electron chi connectivity index (χ4n) is 2.47. The Kier molecular flexibility index (Phi) is 4.35. The minimum atomic E-state index is 0.870. The summed E-state index contributed by atoms with van der Waals surface area (Å²) in [4.78, 5) is 0. The lowest BCUT2D eigenvalue weighted by Gasteiger charge is -2.09. The fourth-order valence-corrected chi connectivity index (χ4v) is 2.47. The minimum Gasteiger partial charge on any atom is -0.497 e. The van der Waals surface area contributed by atoms with Crippen molar-refractivity contribution in [2.75, 3.05) is 7.11 Å². The van der Waals surface area contributed by atoms with E-state index >= 15 is 0 Å². The topological polar surface area (TPSA) is 9.23 Å². The summed E-state index contributed by atoms with van der Waals surface area (Å²) in [7, 11) is 1.69. The standard InChI is InChI=1S/C21H18O/c1-22-20-14-8-9-17(15-20)16-21(18-10-4-2-5-11-18)19-12-6-3-7-13-19/h2-16H,1H3. The number of methoxy groups -OCH3 is 1. The number of hydrogen-bond acceptors (Lipinski definition) is 1. The Balaban J connectivity index is 2.11. The first-order chi connectivity index (χ1) is 10.9. The molecule has 0 atom stereocenters. The molecule has 1 nitrogen and oxygen atoms in total. The summed E-state index contributed by atoms with van der Waals surface area (Å²) in [6, 6.07) is 29.0. The Hall–Kier alpha value is -2.80. The highest BCUT2D eigenvalue weighted by atomic mass is 16.5. The van der Waals surface area contributed by atoms with Crippen LogP contribution in [0.1, 0.15) is 16.7 Å². The summed E-state index contributed by atoms with van der Waals surface area (Å²) in [5.41, 5.74) is 4.74. The quantitative estimate of drug-likeness (QED) is 0.593. The molecule has 0 fully saturated rings. The van der Waals surface area contributed by atoms with Crippen LogP contribution in [0.2, 0.25) is 0 Å². The van der Waals surface area contributed by atoms with Crippen molar-refractivity contribution in [2.24, 2.45) is 0 Å². The second-order valence-corrected chi connectivity index (χ2v) is 5.07. The van der Waals surface area contributed by atoms with Crippen LogP contribution in [0.15, 0.2) is 84.9 Å². The molecule has 22 heavy (non-hydrogen) atoms. The highest BCUT2D eigenvalue weighted by Crippen LogP contribution is 2.26. The molecule has 0 saturated carbocycles. The summed E-state index contributed by atoms with van der Waals surface area (Å²) in [6.07, 6.45) is 2.20. The van der Waals surface area contributed by atoms with Crippen LogP contribution in [0.5, 0.6) is 5.75 Å². The highest BCUT2D eigenvalue weighted by molar-refractivity contribution is 5.91. The molecule has 108 valence electrons. The summed E-state index contributed by atoms with van der Waals surface area (Å²) in [5.74, 6) is 0.870. The molecule has 3 rings (SSSR count). The first-order valence-corrected chi connectivity index (χ1v) is 7.33. The lowest BCUT2D eigenvalue weighted by atomic mass is 9.96. The van der Waals surface area contributed by atoms with Crippen LogP contribution in [0.3, 0.4) is 0 Å². The van der Waals surface area contributed by atoms with Gasteiger partial charge in [0.25, 0.3) is 0 Å². The molecule has 0 saturated heterocycles. The first-order valence-electron chi connectivity index (χ1n) is 7.33. The predicted molar refractivity (Wildman–Crippen MR) is 92.9 cm³/mol. The Bertz CT molecular complexity index is 717. The molecule has 3 aromatic carbocycles. The zero-order valence-corrected chi connectivity index (χ0v) is 12.6. The second-order valence-electron chi connectivity index (χ2n) is 5.07. The molecule has 0 radical (unpaired) electrons. The van der Waals surface area contributed by atoms with Gasteiger partial charge in [0.05, 0.1) is 7.11 Å². The first kappa shape index (κ1) is 14.2. The van der Waals surface area contributed by atoms with Crippen LogP contribution >= 0.6 is 0 Å². The number of rotatable bonds is 4. The molecule has 0 bridgehead atoms. The van der Waals surface area contributed by atoms with Gasteiger partial charge in [0.15, 0.2) is 0 Å². The third kappa shape index (κ3) is 3.26. The zero-order chi connectivity index (χ0) is 15.2. The molecular formula is C21H18O. The van der Waals surface area contributed by atoms with Crippen molar-refractivity contribution in [1.29, 1.82) is 0 Å². The molecule has 0 aliphatic rings. The molecule has 0 unspecified atom stereocenters. The van der Waals surface area contributed by atoms with Gasteiger partial charge in [0, 0.05) is 0 Å². The van der Waals surface area contributed by atoms with Crippen LogP contribution in [0, 0.1) is 0 Å². The van der Waals surface area contributed by atoms with E-state index < -0.39 is 0 Å². The molecule has 0 heterocycles. The fraction of sp³-hybridized carbons (Fsp3) is 0.0476. The average molecular weight is 286 g/mol. The van der Waals surface area contributed by atoms with E-state index in [0.29, 0.717) is 0 Å². The molecule has 1 heteroatoms. The third-order valence-electron chi connectivity index (χ3n) is 3.57. The van der Waals surface area contributed by atoms with Gasteiger partial charge in [-0.05, 0) is 40.5 Å². The summed E-state index contributed by atoms with van der Waals surface area (Å²) < 4.78 is 5.32. The molecule has 0 aromatic heterocycles. The Morgan fingerprint density at radius 3 is 1.86 bits per heavy atom. The van der Waals surface area contributed by atoms with Crippen molar-refractivity contribution in [2.45, 2.75) is 0 Å². The van der Waals surface area contributed by atoms with Gasteiger partial charge in [-0.3, -0.25) is 0 Å². The summed E-state index contributed by atoms with van der Waals surface area (Å²) in [6.45, 7) is 0. The van der Waals surface area contributed by atoms with Crippen molar-refractivity contribution in [3.8, 4) is 5.75 Å². The van der Waals surface area contributed by atoms with Crippen LogP contribution < -0.4 is 4.74 Å². The SMILES string of the molecule is COc1cccc(C=C(c2ccccc2)c2ccccc2)c1.